The van der Waals surface area contributed by atoms with Gasteiger partial charge in [-0.25, -0.2) is 0 Å². The molecule has 1 atom stereocenters. The number of hydrogen-bond donors (Lipinski definition) is 2. The van der Waals surface area contributed by atoms with Crippen molar-refractivity contribution in [3.8, 4) is 0 Å². The Bertz CT molecular complexity index is 730. The summed E-state index contributed by atoms with van der Waals surface area (Å²) in [5, 5.41) is 5.23. The lowest BCUT2D eigenvalue weighted by molar-refractivity contribution is -0.136. The van der Waals surface area contributed by atoms with Crippen molar-refractivity contribution < 1.29 is 23.9 Å². The van der Waals surface area contributed by atoms with Gasteiger partial charge in [0.05, 0.1) is 17.7 Å². The van der Waals surface area contributed by atoms with Crippen LogP contribution in [0.15, 0.2) is 18.2 Å². The summed E-state index contributed by atoms with van der Waals surface area (Å²) in [6.07, 6.45) is 0.241. The van der Waals surface area contributed by atoms with Gasteiger partial charge in [0.15, 0.2) is 0 Å². The van der Waals surface area contributed by atoms with Gasteiger partial charge >= 0.3 is 0 Å². The van der Waals surface area contributed by atoms with Crippen molar-refractivity contribution >= 4 is 29.3 Å². The summed E-state index contributed by atoms with van der Waals surface area (Å²) >= 11 is 0. The Morgan fingerprint density at radius 1 is 1.25 bits per heavy atom. The molecule has 1 fully saturated rings. The van der Waals surface area contributed by atoms with E-state index in [-0.39, 0.29) is 24.0 Å². The Kier molecular flexibility index (Phi) is 4.30. The topological polar surface area (TPSA) is 105 Å². The highest BCUT2D eigenvalue weighted by molar-refractivity contribution is 6.25. The largest absolute Gasteiger partial charge is 0.383 e. The molecule has 0 spiro atoms. The molecule has 3 rings (SSSR count). The summed E-state index contributed by atoms with van der Waals surface area (Å²) in [6.45, 7) is 0.926. The minimum Gasteiger partial charge on any atom is -0.383 e. The van der Waals surface area contributed by atoms with E-state index in [1.165, 1.54) is 0 Å². The minimum absolute atomic E-state index is 0.1000. The second-order valence-electron chi connectivity index (χ2n) is 5.59. The zero-order valence-corrected chi connectivity index (χ0v) is 13.1. The molecule has 1 aromatic carbocycles. The van der Waals surface area contributed by atoms with Crippen LogP contribution < -0.4 is 10.6 Å². The average molecular weight is 331 g/mol. The van der Waals surface area contributed by atoms with Crippen LogP contribution in [0.25, 0.3) is 0 Å². The fraction of sp³-hybridized carbons (Fsp3) is 0.375. The van der Waals surface area contributed by atoms with Crippen molar-refractivity contribution in [1.29, 1.82) is 0 Å². The molecule has 24 heavy (non-hydrogen) atoms. The van der Waals surface area contributed by atoms with Gasteiger partial charge in [-0.2, -0.15) is 0 Å². The number of carbonyl (C=O) groups excluding carboxylic acids is 4. The third kappa shape index (κ3) is 2.65. The molecule has 8 nitrogen and oxygen atoms in total. The van der Waals surface area contributed by atoms with E-state index in [1.54, 1.807) is 25.3 Å². The molecule has 126 valence electrons. The molecule has 1 unspecified atom stereocenters. The SMILES string of the molecule is COCCNc1cccc2c1C(=O)N(C1CCC(=O)NC1=O)C2=O. The quantitative estimate of drug-likeness (QED) is 0.588. The molecule has 2 aliphatic rings. The molecule has 0 aromatic heterocycles. The molecule has 4 amide bonds. The number of benzene rings is 1. The average Bonchev–Trinajstić information content (AvgIpc) is 2.81. The Morgan fingerprint density at radius 3 is 2.75 bits per heavy atom. The first-order valence-electron chi connectivity index (χ1n) is 7.62. The first-order chi connectivity index (χ1) is 11.5. The number of anilines is 1. The number of fused-ring (bicyclic) bond motifs is 1. The van der Waals surface area contributed by atoms with Crippen molar-refractivity contribution in [1.82, 2.24) is 10.2 Å². The highest BCUT2D eigenvalue weighted by atomic mass is 16.5. The highest BCUT2D eigenvalue weighted by Gasteiger charge is 2.45. The summed E-state index contributed by atoms with van der Waals surface area (Å²) < 4.78 is 4.96. The summed E-state index contributed by atoms with van der Waals surface area (Å²) in [4.78, 5) is 49.6. The molecule has 2 heterocycles. The number of piperidine rings is 1. The molecule has 1 aromatic rings. The molecular weight excluding hydrogens is 314 g/mol. The maximum Gasteiger partial charge on any atom is 0.264 e. The third-order valence-electron chi connectivity index (χ3n) is 4.09. The van der Waals surface area contributed by atoms with Crippen LogP contribution in [-0.4, -0.2) is 54.8 Å². The molecule has 0 radical (unpaired) electrons. The van der Waals surface area contributed by atoms with E-state index in [0.29, 0.717) is 18.8 Å². The smallest absolute Gasteiger partial charge is 0.264 e. The van der Waals surface area contributed by atoms with Crippen LogP contribution in [0.5, 0.6) is 0 Å². The number of nitrogens with one attached hydrogen (secondary N) is 2. The van der Waals surface area contributed by atoms with E-state index in [9.17, 15) is 19.2 Å². The van der Waals surface area contributed by atoms with Crippen molar-refractivity contribution in [2.45, 2.75) is 18.9 Å². The molecular formula is C16H17N3O5. The van der Waals surface area contributed by atoms with E-state index in [4.69, 9.17) is 4.74 Å². The molecule has 0 bridgehead atoms. The van der Waals surface area contributed by atoms with Crippen LogP contribution >= 0.6 is 0 Å². The predicted molar refractivity (Wildman–Crippen MR) is 83.5 cm³/mol. The number of methoxy groups -OCH3 is 1. The summed E-state index contributed by atoms with van der Waals surface area (Å²) in [5.74, 6) is -2.05. The Morgan fingerprint density at radius 2 is 2.04 bits per heavy atom. The standard InChI is InChI=1S/C16H17N3O5/c1-24-8-7-17-10-4-2-3-9-13(10)16(23)19(15(9)22)11-5-6-12(20)18-14(11)21/h2-4,11,17H,5-8H2,1H3,(H,18,20,21). The summed E-state index contributed by atoms with van der Waals surface area (Å²) in [6, 6.07) is 3.98. The number of rotatable bonds is 5. The van der Waals surface area contributed by atoms with Crippen LogP contribution in [0.1, 0.15) is 33.6 Å². The zero-order chi connectivity index (χ0) is 17.3. The number of amides is 4. The van der Waals surface area contributed by atoms with Gasteiger partial charge in [-0.05, 0) is 18.6 Å². The first-order valence-corrected chi connectivity index (χ1v) is 7.62. The van der Waals surface area contributed by atoms with E-state index in [2.05, 4.69) is 10.6 Å². The number of imide groups is 2. The predicted octanol–water partition coefficient (Wildman–Crippen LogP) is 0.146. The molecule has 1 saturated heterocycles. The van der Waals surface area contributed by atoms with Crippen LogP contribution in [-0.2, 0) is 14.3 Å². The van der Waals surface area contributed by atoms with Crippen molar-refractivity contribution in [3.63, 3.8) is 0 Å². The van der Waals surface area contributed by atoms with E-state index in [0.717, 1.165) is 4.90 Å². The fourth-order valence-electron chi connectivity index (χ4n) is 2.95. The van der Waals surface area contributed by atoms with Gasteiger partial charge in [0.2, 0.25) is 11.8 Å². The number of carbonyl (C=O) groups is 4. The molecule has 2 aliphatic heterocycles. The van der Waals surface area contributed by atoms with Crippen LogP contribution in [0.2, 0.25) is 0 Å². The maximum atomic E-state index is 12.8. The van der Waals surface area contributed by atoms with Gasteiger partial charge in [0, 0.05) is 25.8 Å². The Balaban J connectivity index is 1.89. The number of hydrogen-bond acceptors (Lipinski definition) is 6. The lowest BCUT2D eigenvalue weighted by atomic mass is 10.0. The van der Waals surface area contributed by atoms with Gasteiger partial charge < -0.3 is 10.1 Å². The van der Waals surface area contributed by atoms with E-state index < -0.39 is 29.7 Å². The van der Waals surface area contributed by atoms with Gasteiger partial charge in [-0.15, -0.1) is 0 Å². The lowest BCUT2D eigenvalue weighted by Crippen LogP contribution is -2.54. The monoisotopic (exact) mass is 331 g/mol. The molecule has 0 aliphatic carbocycles. The fourth-order valence-corrected chi connectivity index (χ4v) is 2.95. The highest BCUT2D eigenvalue weighted by Crippen LogP contribution is 2.32. The van der Waals surface area contributed by atoms with Gasteiger partial charge in [-0.1, -0.05) is 6.07 Å². The van der Waals surface area contributed by atoms with E-state index >= 15 is 0 Å². The zero-order valence-electron chi connectivity index (χ0n) is 13.1. The van der Waals surface area contributed by atoms with Crippen LogP contribution in [0, 0.1) is 0 Å². The molecule has 0 saturated carbocycles. The van der Waals surface area contributed by atoms with E-state index in [1.807, 2.05) is 0 Å². The summed E-state index contributed by atoms with van der Waals surface area (Å²) in [7, 11) is 1.57. The first kappa shape index (κ1) is 16.1. The number of nitrogens with zero attached hydrogens (tertiary/aromatic N) is 1. The maximum absolute atomic E-state index is 12.8. The second kappa shape index (κ2) is 6.40. The molecule has 8 heteroatoms. The third-order valence-corrected chi connectivity index (χ3v) is 4.09. The van der Waals surface area contributed by atoms with Crippen LogP contribution in [0.3, 0.4) is 0 Å². The minimum atomic E-state index is -0.957. The number of ether oxygens (including phenoxy) is 1. The van der Waals surface area contributed by atoms with Crippen molar-refractivity contribution in [2.24, 2.45) is 0 Å². The van der Waals surface area contributed by atoms with Crippen molar-refractivity contribution in [2.75, 3.05) is 25.6 Å². The Labute approximate surface area is 138 Å². The van der Waals surface area contributed by atoms with Gasteiger partial charge in [0.25, 0.3) is 11.8 Å². The molecule has 2 N–H and O–H groups in total. The lowest BCUT2D eigenvalue weighted by Gasteiger charge is -2.27. The normalized spacial score (nSPS) is 20.2. The van der Waals surface area contributed by atoms with Crippen molar-refractivity contribution in [3.05, 3.63) is 29.3 Å². The van der Waals surface area contributed by atoms with Gasteiger partial charge in [0.1, 0.15) is 6.04 Å². The van der Waals surface area contributed by atoms with Crippen LogP contribution in [0.4, 0.5) is 5.69 Å². The summed E-state index contributed by atoms with van der Waals surface area (Å²) in [5.41, 5.74) is 1.04. The Hall–Kier alpha value is -2.74. The second-order valence-corrected chi connectivity index (χ2v) is 5.59. The van der Waals surface area contributed by atoms with Gasteiger partial charge in [-0.3, -0.25) is 29.4 Å².